The van der Waals surface area contributed by atoms with Gasteiger partial charge in [-0.05, 0) is 18.8 Å². The molecule has 0 bridgehead atoms. The number of nitrogens with zero attached hydrogens (tertiary/aromatic N) is 2. The number of amides is 1. The maximum Gasteiger partial charge on any atom is 0.310 e. The second-order valence-electron chi connectivity index (χ2n) is 5.72. The zero-order chi connectivity index (χ0) is 14.0. The maximum absolute atomic E-state index is 12.6. The molecule has 5 heteroatoms. The molecule has 104 valence electrons. The summed E-state index contributed by atoms with van der Waals surface area (Å²) in [4.78, 5) is 25.9. The van der Waals surface area contributed by atoms with Gasteiger partial charge >= 0.3 is 5.97 Å². The van der Waals surface area contributed by atoms with Crippen LogP contribution in [0.3, 0.4) is 0 Å². The number of hydrogen-bond acceptors (Lipinski definition) is 4. The molecule has 2 atom stereocenters. The third kappa shape index (κ3) is 2.32. The molecule has 2 fully saturated rings. The van der Waals surface area contributed by atoms with Crippen LogP contribution in [-0.2, 0) is 14.3 Å². The maximum atomic E-state index is 12.6. The summed E-state index contributed by atoms with van der Waals surface area (Å²) in [6.45, 7) is 2.88. The topological polar surface area (TPSA) is 70.4 Å². The highest BCUT2D eigenvalue weighted by molar-refractivity contribution is 5.87. The van der Waals surface area contributed by atoms with Crippen LogP contribution in [0.4, 0.5) is 0 Å². The van der Waals surface area contributed by atoms with Crippen molar-refractivity contribution in [2.24, 2.45) is 17.3 Å². The lowest BCUT2D eigenvalue weighted by Gasteiger charge is -2.26. The Bertz CT molecular complexity index is 421. The van der Waals surface area contributed by atoms with Gasteiger partial charge in [0.15, 0.2) is 0 Å². The first kappa shape index (κ1) is 13.9. The summed E-state index contributed by atoms with van der Waals surface area (Å²) in [5.74, 6) is -0.523. The molecule has 1 saturated carbocycles. The molecular weight excluding hydrogens is 244 g/mol. The molecule has 0 aromatic carbocycles. The summed E-state index contributed by atoms with van der Waals surface area (Å²) < 4.78 is 4.77. The number of hydrogen-bond donors (Lipinski definition) is 0. The van der Waals surface area contributed by atoms with Crippen LogP contribution >= 0.6 is 0 Å². The van der Waals surface area contributed by atoms with Crippen molar-refractivity contribution in [3.05, 3.63) is 0 Å². The molecule has 0 aromatic heterocycles. The first-order chi connectivity index (χ1) is 9.04. The monoisotopic (exact) mass is 264 g/mol. The predicted octanol–water partition coefficient (Wildman–Crippen LogP) is 1.34. The summed E-state index contributed by atoms with van der Waals surface area (Å²) in [7, 11) is 1.37. The van der Waals surface area contributed by atoms with Gasteiger partial charge in [0, 0.05) is 13.1 Å². The highest BCUT2D eigenvalue weighted by Crippen LogP contribution is 2.40. The lowest BCUT2D eigenvalue weighted by atomic mass is 9.86. The van der Waals surface area contributed by atoms with Gasteiger partial charge < -0.3 is 9.64 Å². The van der Waals surface area contributed by atoms with Crippen molar-refractivity contribution in [3.63, 3.8) is 0 Å². The molecule has 0 spiro atoms. The quantitative estimate of drug-likeness (QED) is 0.706. The van der Waals surface area contributed by atoms with Crippen molar-refractivity contribution in [2.75, 3.05) is 20.2 Å². The molecule has 0 aromatic rings. The van der Waals surface area contributed by atoms with Gasteiger partial charge in [0.25, 0.3) is 0 Å². The van der Waals surface area contributed by atoms with Crippen LogP contribution in [-0.4, -0.2) is 37.0 Å². The van der Waals surface area contributed by atoms with Crippen LogP contribution in [0, 0.1) is 28.6 Å². The van der Waals surface area contributed by atoms with Crippen LogP contribution in [0.25, 0.3) is 0 Å². The number of nitriles is 1. The van der Waals surface area contributed by atoms with Gasteiger partial charge in [-0.15, -0.1) is 0 Å². The number of carbonyl (C=O) groups is 2. The Labute approximate surface area is 113 Å². The van der Waals surface area contributed by atoms with Crippen LogP contribution in [0.2, 0.25) is 0 Å². The lowest BCUT2D eigenvalue weighted by Crippen LogP contribution is -2.41. The average molecular weight is 264 g/mol. The molecule has 5 nitrogen and oxygen atoms in total. The van der Waals surface area contributed by atoms with E-state index in [0.717, 1.165) is 12.8 Å². The van der Waals surface area contributed by atoms with E-state index in [0.29, 0.717) is 25.9 Å². The van der Waals surface area contributed by atoms with Gasteiger partial charge in [0.1, 0.15) is 5.41 Å². The van der Waals surface area contributed by atoms with Crippen LogP contribution in [0.15, 0.2) is 0 Å². The van der Waals surface area contributed by atoms with E-state index in [-0.39, 0.29) is 23.7 Å². The van der Waals surface area contributed by atoms with E-state index in [2.05, 4.69) is 6.07 Å². The highest BCUT2D eigenvalue weighted by atomic mass is 16.5. The first-order valence-electron chi connectivity index (χ1n) is 6.82. The molecule has 19 heavy (non-hydrogen) atoms. The minimum atomic E-state index is -0.843. The van der Waals surface area contributed by atoms with Crippen LogP contribution in [0.5, 0.6) is 0 Å². The Kier molecular flexibility index (Phi) is 3.79. The molecule has 1 amide bonds. The summed E-state index contributed by atoms with van der Waals surface area (Å²) in [6, 6.07) is 2.22. The molecular formula is C14H20N2O3. The predicted molar refractivity (Wildman–Crippen MR) is 67.8 cm³/mol. The normalized spacial score (nSPS) is 29.0. The number of methoxy groups -OCH3 is 1. The largest absolute Gasteiger partial charge is 0.469 e. The standard InChI is InChI=1S/C14H20N2O3/c1-10-7-16(8-11(10)12(17)19-2)13(18)14(9-15)5-3-4-6-14/h10-11H,3-8H2,1-2H3. The van der Waals surface area contributed by atoms with Crippen molar-refractivity contribution >= 4 is 11.9 Å². The zero-order valence-electron chi connectivity index (χ0n) is 11.5. The summed E-state index contributed by atoms with van der Waals surface area (Å²) in [6.07, 6.45) is 3.17. The molecule has 2 aliphatic rings. The first-order valence-corrected chi connectivity index (χ1v) is 6.82. The summed E-state index contributed by atoms with van der Waals surface area (Å²) in [5, 5.41) is 9.35. The van der Waals surface area contributed by atoms with E-state index in [1.54, 1.807) is 4.90 Å². The molecule has 0 radical (unpaired) electrons. The van der Waals surface area contributed by atoms with Gasteiger partial charge in [0.05, 0.1) is 19.1 Å². The van der Waals surface area contributed by atoms with Crippen LogP contribution < -0.4 is 0 Å². The molecule has 2 unspecified atom stereocenters. The Morgan fingerprint density at radius 2 is 1.95 bits per heavy atom. The third-order valence-corrected chi connectivity index (χ3v) is 4.48. The van der Waals surface area contributed by atoms with Crippen molar-refractivity contribution < 1.29 is 14.3 Å². The molecule has 1 saturated heterocycles. The van der Waals surface area contributed by atoms with E-state index < -0.39 is 5.41 Å². The second-order valence-corrected chi connectivity index (χ2v) is 5.72. The van der Waals surface area contributed by atoms with Gasteiger partial charge in [0.2, 0.25) is 5.91 Å². The van der Waals surface area contributed by atoms with Gasteiger partial charge in [-0.3, -0.25) is 9.59 Å². The summed E-state index contributed by atoms with van der Waals surface area (Å²) in [5.41, 5.74) is -0.843. The Morgan fingerprint density at radius 3 is 2.47 bits per heavy atom. The van der Waals surface area contributed by atoms with E-state index in [1.165, 1.54) is 7.11 Å². The van der Waals surface area contributed by atoms with Crippen molar-refractivity contribution in [1.82, 2.24) is 4.90 Å². The fraction of sp³-hybridized carbons (Fsp3) is 0.786. The number of likely N-dealkylation sites (tertiary alicyclic amines) is 1. The van der Waals surface area contributed by atoms with E-state index in [9.17, 15) is 14.9 Å². The van der Waals surface area contributed by atoms with Gasteiger partial charge in [-0.1, -0.05) is 19.8 Å². The third-order valence-electron chi connectivity index (χ3n) is 4.48. The second kappa shape index (κ2) is 5.20. The number of esters is 1. The zero-order valence-corrected chi connectivity index (χ0v) is 11.5. The minimum Gasteiger partial charge on any atom is -0.469 e. The van der Waals surface area contributed by atoms with E-state index >= 15 is 0 Å². The minimum absolute atomic E-state index is 0.0912. The molecule has 1 heterocycles. The fourth-order valence-corrected chi connectivity index (χ4v) is 3.25. The van der Waals surface area contributed by atoms with E-state index in [1.807, 2.05) is 6.92 Å². The molecule has 1 aliphatic heterocycles. The number of carbonyl (C=O) groups excluding carboxylic acids is 2. The number of rotatable bonds is 2. The fourth-order valence-electron chi connectivity index (χ4n) is 3.25. The number of ether oxygens (including phenoxy) is 1. The average Bonchev–Trinajstić information content (AvgIpc) is 3.04. The Hall–Kier alpha value is -1.57. The van der Waals surface area contributed by atoms with Gasteiger partial charge in [-0.25, -0.2) is 0 Å². The van der Waals surface area contributed by atoms with Crippen molar-refractivity contribution in [3.8, 4) is 6.07 Å². The summed E-state index contributed by atoms with van der Waals surface area (Å²) >= 11 is 0. The van der Waals surface area contributed by atoms with Gasteiger partial charge in [-0.2, -0.15) is 5.26 Å². The molecule has 2 rings (SSSR count). The highest BCUT2D eigenvalue weighted by Gasteiger charge is 2.47. The van der Waals surface area contributed by atoms with Crippen molar-refractivity contribution in [2.45, 2.75) is 32.6 Å². The molecule has 0 N–H and O–H groups in total. The lowest BCUT2D eigenvalue weighted by molar-refractivity contribution is -0.146. The van der Waals surface area contributed by atoms with Crippen molar-refractivity contribution in [1.29, 1.82) is 5.26 Å². The van der Waals surface area contributed by atoms with E-state index in [4.69, 9.17) is 4.74 Å². The van der Waals surface area contributed by atoms with Crippen LogP contribution in [0.1, 0.15) is 32.6 Å². The molecule has 1 aliphatic carbocycles. The Balaban J connectivity index is 2.10. The smallest absolute Gasteiger partial charge is 0.310 e. The Morgan fingerprint density at radius 1 is 1.32 bits per heavy atom. The SMILES string of the molecule is COC(=O)C1CN(C(=O)C2(C#N)CCCC2)CC1C.